The minimum Gasteiger partial charge on any atom is -0.497 e. The van der Waals surface area contributed by atoms with E-state index in [1.807, 2.05) is 12.2 Å². The third-order valence-electron chi connectivity index (χ3n) is 3.80. The van der Waals surface area contributed by atoms with Crippen LogP contribution in [0.25, 0.3) is 0 Å². The number of nitrogens with zero attached hydrogens (tertiary/aromatic N) is 4. The van der Waals surface area contributed by atoms with E-state index in [1.165, 1.54) is 0 Å². The number of non-ortho nitro benzene ring substituents is 1. The molecule has 0 radical (unpaired) electrons. The van der Waals surface area contributed by atoms with Gasteiger partial charge in [0, 0.05) is 12.4 Å². The van der Waals surface area contributed by atoms with Gasteiger partial charge in [-0.25, -0.2) is 0 Å². The zero-order valence-electron chi connectivity index (χ0n) is 14.0. The van der Waals surface area contributed by atoms with Gasteiger partial charge in [-0.15, -0.1) is 0 Å². The molecule has 2 heterocycles. The summed E-state index contributed by atoms with van der Waals surface area (Å²) < 4.78 is 0. The van der Waals surface area contributed by atoms with Gasteiger partial charge in [-0.1, -0.05) is 24.3 Å². The van der Waals surface area contributed by atoms with Crippen LogP contribution in [0, 0.1) is 30.3 Å². The lowest BCUT2D eigenvalue weighted by atomic mass is 9.95. The smallest absolute Gasteiger partial charge is 0.324 e. The number of fused-ring (bicyclic) bond motifs is 1. The highest BCUT2D eigenvalue weighted by Crippen LogP contribution is 2.38. The summed E-state index contributed by atoms with van der Waals surface area (Å²) in [7, 11) is 0. The Labute approximate surface area is 152 Å². The summed E-state index contributed by atoms with van der Waals surface area (Å²) in [6, 6.07) is 0.894. The molecule has 0 unspecified atom stereocenters. The Morgan fingerprint density at radius 3 is 1.63 bits per heavy atom. The van der Waals surface area contributed by atoms with E-state index in [9.17, 15) is 30.3 Å². The number of phenolic OH excluding ortho intramolecular Hbond substituents is 1. The van der Waals surface area contributed by atoms with Crippen molar-refractivity contribution in [3.63, 3.8) is 0 Å². The molecule has 0 aliphatic carbocycles. The number of allylic oxidation sites excluding steroid dienone is 4. The molecule has 1 aromatic carbocycles. The molecule has 0 spiro atoms. The van der Waals surface area contributed by atoms with Crippen LogP contribution in [0.1, 0.15) is 6.92 Å². The quantitative estimate of drug-likeness (QED) is 0.624. The van der Waals surface area contributed by atoms with Crippen LogP contribution in [0.5, 0.6) is 5.75 Å². The van der Waals surface area contributed by atoms with Gasteiger partial charge in [0.1, 0.15) is 0 Å². The molecular weight excluding hydrogens is 360 g/mol. The van der Waals surface area contributed by atoms with Crippen molar-refractivity contribution in [2.24, 2.45) is 0 Å². The molecule has 1 aromatic rings. The van der Waals surface area contributed by atoms with Gasteiger partial charge in [0.25, 0.3) is 11.4 Å². The average molecular weight is 374 g/mol. The Morgan fingerprint density at radius 1 is 0.852 bits per heavy atom. The summed E-state index contributed by atoms with van der Waals surface area (Å²) in [5.41, 5.74) is -2.93. The highest BCUT2D eigenvalue weighted by atomic mass is 16.6. The maximum Gasteiger partial charge on any atom is 0.324 e. The van der Waals surface area contributed by atoms with Crippen LogP contribution in [0.15, 0.2) is 61.0 Å². The van der Waals surface area contributed by atoms with E-state index < -0.39 is 37.6 Å². The molecule has 1 N–H and O–H groups in total. The van der Waals surface area contributed by atoms with E-state index in [-0.39, 0.29) is 5.54 Å². The van der Waals surface area contributed by atoms with Crippen LogP contribution in [0.3, 0.4) is 0 Å². The van der Waals surface area contributed by atoms with Crippen LogP contribution in [0.2, 0.25) is 0 Å². The second-order valence-electron chi connectivity index (χ2n) is 5.64. The molecule has 3 rings (SSSR count). The molecule has 0 atom stereocenters. The molecule has 0 aromatic heterocycles. The first kappa shape index (κ1) is 19.3. The van der Waals surface area contributed by atoms with Gasteiger partial charge in [0.05, 0.1) is 32.4 Å². The Hall–Kier alpha value is -4.02. The van der Waals surface area contributed by atoms with Gasteiger partial charge in [-0.2, -0.15) is 0 Å². The van der Waals surface area contributed by atoms with Crippen molar-refractivity contribution < 1.29 is 19.9 Å². The predicted octanol–water partition coefficient (Wildman–Crippen LogP) is 3.33. The standard InChI is InChI=1S/C10H11N.C6H3N3O7/c1-10-6-2-4-8-11(10)9-5-3-7-10;10-6-4(8(13)14)1-3(7(11)12)2-5(6)9(15)16/h2-9H,1H3;1-2,10H. The Kier molecular flexibility index (Phi) is 5.34. The zero-order valence-corrected chi connectivity index (χ0v) is 14.0. The van der Waals surface area contributed by atoms with Crippen molar-refractivity contribution in [1.82, 2.24) is 4.90 Å². The molecule has 11 nitrogen and oxygen atoms in total. The molecule has 11 heteroatoms. The molecule has 0 amide bonds. The molecule has 27 heavy (non-hydrogen) atoms. The molecule has 0 bridgehead atoms. The first-order valence-electron chi connectivity index (χ1n) is 7.46. The van der Waals surface area contributed by atoms with Gasteiger partial charge in [0.15, 0.2) is 0 Å². The number of phenols is 1. The minimum absolute atomic E-state index is 0.0729. The zero-order chi connectivity index (χ0) is 20.2. The van der Waals surface area contributed by atoms with E-state index in [4.69, 9.17) is 5.11 Å². The first-order valence-corrected chi connectivity index (χ1v) is 7.46. The van der Waals surface area contributed by atoms with E-state index in [2.05, 4.69) is 48.5 Å². The summed E-state index contributed by atoms with van der Waals surface area (Å²) in [4.78, 5) is 30.0. The lowest BCUT2D eigenvalue weighted by Crippen LogP contribution is -2.38. The van der Waals surface area contributed by atoms with Crippen molar-refractivity contribution in [2.45, 2.75) is 12.5 Å². The summed E-state index contributed by atoms with van der Waals surface area (Å²) in [5.74, 6) is -1.21. The fraction of sp³-hybridized carbons (Fsp3) is 0.125. The Morgan fingerprint density at radius 2 is 1.30 bits per heavy atom. The molecule has 0 saturated heterocycles. The van der Waals surface area contributed by atoms with Crippen molar-refractivity contribution >= 4 is 17.1 Å². The highest BCUT2D eigenvalue weighted by molar-refractivity contribution is 5.64. The highest BCUT2D eigenvalue weighted by Gasteiger charge is 2.30. The lowest BCUT2D eigenvalue weighted by molar-refractivity contribution is -0.404. The molecular formula is C16H14N4O7. The second-order valence-corrected chi connectivity index (χ2v) is 5.64. The topological polar surface area (TPSA) is 153 Å². The first-order chi connectivity index (χ1) is 12.7. The predicted molar refractivity (Wildman–Crippen MR) is 94.9 cm³/mol. The van der Waals surface area contributed by atoms with Gasteiger partial charge in [-0.3, -0.25) is 30.3 Å². The summed E-state index contributed by atoms with van der Waals surface area (Å²) in [6.45, 7) is 2.19. The summed E-state index contributed by atoms with van der Waals surface area (Å²) >= 11 is 0. The maximum atomic E-state index is 10.4. The van der Waals surface area contributed by atoms with Gasteiger partial charge in [-0.05, 0) is 19.1 Å². The van der Waals surface area contributed by atoms with Gasteiger partial charge < -0.3 is 10.0 Å². The largest absolute Gasteiger partial charge is 0.497 e. The third kappa shape index (κ3) is 4.15. The van der Waals surface area contributed by atoms with Crippen LogP contribution in [-0.4, -0.2) is 30.3 Å². The normalized spacial score (nSPS) is 15.5. The summed E-state index contributed by atoms with van der Waals surface area (Å²) in [6.07, 6.45) is 16.8. The number of aromatic hydroxyl groups is 1. The van der Waals surface area contributed by atoms with Crippen LogP contribution < -0.4 is 0 Å². The van der Waals surface area contributed by atoms with Crippen molar-refractivity contribution in [3.8, 4) is 5.75 Å². The monoisotopic (exact) mass is 374 g/mol. The van der Waals surface area contributed by atoms with Crippen molar-refractivity contribution in [2.75, 3.05) is 0 Å². The van der Waals surface area contributed by atoms with E-state index in [1.54, 1.807) is 0 Å². The average Bonchev–Trinajstić information content (AvgIpc) is 2.61. The van der Waals surface area contributed by atoms with Crippen molar-refractivity contribution in [1.29, 1.82) is 0 Å². The number of nitro benzene ring substituents is 3. The molecule has 0 saturated carbocycles. The second kappa shape index (κ2) is 7.47. The van der Waals surface area contributed by atoms with E-state index in [0.29, 0.717) is 12.1 Å². The molecule has 0 fully saturated rings. The minimum atomic E-state index is -1.21. The number of benzene rings is 1. The number of rotatable bonds is 3. The SMILES string of the molecule is CC12C=CC=CN1C=CC=C2.O=[N+]([O-])c1cc([N+](=O)[O-])c(O)c([N+](=O)[O-])c1. The van der Waals surface area contributed by atoms with Crippen LogP contribution in [-0.2, 0) is 0 Å². The summed E-state index contributed by atoms with van der Waals surface area (Å²) in [5, 5.41) is 40.2. The van der Waals surface area contributed by atoms with Crippen LogP contribution >= 0.6 is 0 Å². The lowest BCUT2D eigenvalue weighted by Gasteiger charge is -2.37. The molecule has 2 aliphatic heterocycles. The fourth-order valence-corrected chi connectivity index (χ4v) is 2.36. The Bertz CT molecular complexity index is 858. The van der Waals surface area contributed by atoms with Crippen LogP contribution in [0.4, 0.5) is 17.1 Å². The van der Waals surface area contributed by atoms with E-state index in [0.717, 1.165) is 0 Å². The van der Waals surface area contributed by atoms with Gasteiger partial charge >= 0.3 is 11.4 Å². The van der Waals surface area contributed by atoms with E-state index >= 15 is 0 Å². The Balaban J connectivity index is 0.000000206. The number of nitro groups is 3. The molecule has 2 aliphatic rings. The van der Waals surface area contributed by atoms with Crippen molar-refractivity contribution in [3.05, 3.63) is 91.3 Å². The number of hydrogen-bond acceptors (Lipinski definition) is 8. The number of hydrogen-bond donors (Lipinski definition) is 1. The van der Waals surface area contributed by atoms with Gasteiger partial charge in [0.2, 0.25) is 0 Å². The maximum absolute atomic E-state index is 10.4. The third-order valence-corrected chi connectivity index (χ3v) is 3.80. The fourth-order valence-electron chi connectivity index (χ4n) is 2.36. The molecule has 140 valence electrons.